The molecule has 1 aromatic heterocycles. The SMILES string of the molecule is COc1ccc(C(=O)NCc2nnc(SCC(=O)Nc3ccc(Br)cc3)n2-c2ccc(OC)cc2)cc1. The van der Waals surface area contributed by atoms with Crippen molar-refractivity contribution in [3.8, 4) is 17.2 Å². The first-order chi connectivity index (χ1) is 18.0. The summed E-state index contributed by atoms with van der Waals surface area (Å²) < 4.78 is 13.2. The van der Waals surface area contributed by atoms with Crippen LogP contribution in [0.3, 0.4) is 0 Å². The molecule has 0 bridgehead atoms. The maximum atomic E-state index is 12.7. The second kappa shape index (κ2) is 12.4. The number of thioether (sulfide) groups is 1. The molecule has 3 aromatic carbocycles. The minimum atomic E-state index is -0.255. The van der Waals surface area contributed by atoms with Crippen LogP contribution in [-0.4, -0.2) is 46.6 Å². The lowest BCUT2D eigenvalue weighted by Gasteiger charge is -2.12. The molecule has 0 aliphatic heterocycles. The Bertz CT molecular complexity index is 1360. The maximum Gasteiger partial charge on any atom is 0.251 e. The first-order valence-corrected chi connectivity index (χ1v) is 12.9. The van der Waals surface area contributed by atoms with Gasteiger partial charge in [-0.1, -0.05) is 27.7 Å². The van der Waals surface area contributed by atoms with Crippen LogP contribution < -0.4 is 20.1 Å². The van der Waals surface area contributed by atoms with Gasteiger partial charge in [0.1, 0.15) is 11.5 Å². The molecule has 0 aliphatic carbocycles. The van der Waals surface area contributed by atoms with Gasteiger partial charge in [-0.15, -0.1) is 10.2 Å². The number of nitrogens with zero attached hydrogens (tertiary/aromatic N) is 3. The summed E-state index contributed by atoms with van der Waals surface area (Å²) in [6.45, 7) is 0.134. The Morgan fingerprint density at radius 2 is 1.51 bits per heavy atom. The number of anilines is 1. The van der Waals surface area contributed by atoms with Gasteiger partial charge in [0.05, 0.1) is 26.5 Å². The highest BCUT2D eigenvalue weighted by molar-refractivity contribution is 9.10. The zero-order valence-electron chi connectivity index (χ0n) is 20.1. The van der Waals surface area contributed by atoms with E-state index in [-0.39, 0.29) is 24.1 Å². The average molecular weight is 582 g/mol. The lowest BCUT2D eigenvalue weighted by Crippen LogP contribution is -2.24. The summed E-state index contributed by atoms with van der Waals surface area (Å²) in [4.78, 5) is 25.2. The molecule has 4 aromatic rings. The molecule has 0 radical (unpaired) electrons. The summed E-state index contributed by atoms with van der Waals surface area (Å²) in [5.74, 6) is 1.59. The number of carbonyl (C=O) groups excluding carboxylic acids is 2. The molecule has 0 fully saturated rings. The fourth-order valence-electron chi connectivity index (χ4n) is 3.36. The number of amides is 2. The van der Waals surface area contributed by atoms with Crippen LogP contribution in [0, 0.1) is 0 Å². The number of methoxy groups -OCH3 is 2. The van der Waals surface area contributed by atoms with E-state index in [9.17, 15) is 9.59 Å². The highest BCUT2D eigenvalue weighted by Gasteiger charge is 2.17. The van der Waals surface area contributed by atoms with Gasteiger partial charge in [0, 0.05) is 21.4 Å². The number of carbonyl (C=O) groups is 2. The van der Waals surface area contributed by atoms with Crippen LogP contribution >= 0.6 is 27.7 Å². The number of rotatable bonds is 10. The number of halogens is 1. The number of aromatic nitrogens is 3. The van der Waals surface area contributed by atoms with Crippen LogP contribution in [0.4, 0.5) is 5.69 Å². The summed E-state index contributed by atoms with van der Waals surface area (Å²) in [6, 6.07) is 21.5. The minimum absolute atomic E-state index is 0.128. The number of ether oxygens (including phenoxy) is 2. The maximum absolute atomic E-state index is 12.7. The van der Waals surface area contributed by atoms with Crippen molar-refractivity contribution in [2.45, 2.75) is 11.7 Å². The van der Waals surface area contributed by atoms with E-state index in [0.29, 0.717) is 33.7 Å². The van der Waals surface area contributed by atoms with Gasteiger partial charge in [-0.2, -0.15) is 0 Å². The molecule has 0 spiro atoms. The first-order valence-electron chi connectivity index (χ1n) is 11.2. The van der Waals surface area contributed by atoms with E-state index in [4.69, 9.17) is 9.47 Å². The van der Waals surface area contributed by atoms with Crippen molar-refractivity contribution in [2.24, 2.45) is 0 Å². The van der Waals surface area contributed by atoms with Crippen molar-refractivity contribution >= 4 is 45.2 Å². The Labute approximate surface area is 226 Å². The number of benzene rings is 3. The van der Waals surface area contributed by atoms with E-state index in [1.807, 2.05) is 53.1 Å². The second-order valence-corrected chi connectivity index (χ2v) is 9.55. The lowest BCUT2D eigenvalue weighted by atomic mass is 10.2. The highest BCUT2D eigenvalue weighted by atomic mass is 79.9. The van der Waals surface area contributed by atoms with Crippen molar-refractivity contribution in [2.75, 3.05) is 25.3 Å². The standard InChI is InChI=1S/C26H24BrN5O4S/c1-35-21-11-3-17(4-12-21)25(34)28-15-23-30-31-26(32(23)20-9-13-22(36-2)14-10-20)37-16-24(33)29-19-7-5-18(27)6-8-19/h3-14H,15-16H2,1-2H3,(H,28,34)(H,29,33). The molecule has 2 amide bonds. The monoisotopic (exact) mass is 581 g/mol. The summed E-state index contributed by atoms with van der Waals surface area (Å²) >= 11 is 4.63. The fourth-order valence-corrected chi connectivity index (χ4v) is 4.40. The highest BCUT2D eigenvalue weighted by Crippen LogP contribution is 2.24. The van der Waals surface area contributed by atoms with Crippen LogP contribution in [0.2, 0.25) is 0 Å². The number of hydrogen-bond acceptors (Lipinski definition) is 7. The fraction of sp³-hybridized carbons (Fsp3) is 0.154. The number of hydrogen-bond donors (Lipinski definition) is 2. The molecule has 11 heteroatoms. The van der Waals surface area contributed by atoms with Gasteiger partial charge in [0.15, 0.2) is 11.0 Å². The normalized spacial score (nSPS) is 10.6. The van der Waals surface area contributed by atoms with Gasteiger partial charge < -0.3 is 20.1 Å². The van der Waals surface area contributed by atoms with Gasteiger partial charge in [-0.05, 0) is 72.8 Å². The third-order valence-corrected chi connectivity index (χ3v) is 6.71. The predicted octanol–water partition coefficient (Wildman–Crippen LogP) is 4.71. The molecule has 2 N–H and O–H groups in total. The molecule has 0 unspecified atom stereocenters. The van der Waals surface area contributed by atoms with Crippen molar-refractivity contribution in [1.29, 1.82) is 0 Å². The topological polar surface area (TPSA) is 107 Å². The summed E-state index contributed by atoms with van der Waals surface area (Å²) in [5.41, 5.74) is 1.97. The molecule has 1 heterocycles. The molecule has 9 nitrogen and oxygen atoms in total. The predicted molar refractivity (Wildman–Crippen MR) is 146 cm³/mol. The van der Waals surface area contributed by atoms with Gasteiger partial charge >= 0.3 is 0 Å². The van der Waals surface area contributed by atoms with Crippen molar-refractivity contribution < 1.29 is 19.1 Å². The summed E-state index contributed by atoms with van der Waals surface area (Å²) in [5, 5.41) is 14.8. The zero-order valence-corrected chi connectivity index (χ0v) is 22.5. The minimum Gasteiger partial charge on any atom is -0.497 e. The average Bonchev–Trinajstić information content (AvgIpc) is 3.34. The second-order valence-electron chi connectivity index (χ2n) is 7.69. The van der Waals surface area contributed by atoms with Gasteiger partial charge in [-0.25, -0.2) is 0 Å². The molecule has 0 atom stereocenters. The van der Waals surface area contributed by atoms with Crippen LogP contribution in [-0.2, 0) is 11.3 Å². The molecular formula is C26H24BrN5O4S. The Balaban J connectivity index is 1.49. The van der Waals surface area contributed by atoms with Crippen molar-refractivity contribution in [3.05, 3.63) is 88.7 Å². The Morgan fingerprint density at radius 1 is 0.892 bits per heavy atom. The van der Waals surface area contributed by atoms with Crippen LogP contribution in [0.5, 0.6) is 11.5 Å². The van der Waals surface area contributed by atoms with Crippen molar-refractivity contribution in [3.63, 3.8) is 0 Å². The quantitative estimate of drug-likeness (QED) is 0.261. The zero-order chi connectivity index (χ0) is 26.2. The molecule has 4 rings (SSSR count). The van der Waals surface area contributed by atoms with Crippen molar-refractivity contribution in [1.82, 2.24) is 20.1 Å². The lowest BCUT2D eigenvalue weighted by molar-refractivity contribution is -0.113. The molecular weight excluding hydrogens is 558 g/mol. The largest absolute Gasteiger partial charge is 0.497 e. The van der Waals surface area contributed by atoms with Gasteiger partial charge in [0.25, 0.3) is 5.91 Å². The van der Waals surface area contributed by atoms with E-state index in [2.05, 4.69) is 36.8 Å². The van der Waals surface area contributed by atoms with Gasteiger partial charge in [0.2, 0.25) is 5.91 Å². The Kier molecular flexibility index (Phi) is 8.81. The molecule has 37 heavy (non-hydrogen) atoms. The molecule has 0 saturated heterocycles. The van der Waals surface area contributed by atoms with E-state index >= 15 is 0 Å². The molecule has 0 aliphatic rings. The van der Waals surface area contributed by atoms with E-state index < -0.39 is 0 Å². The molecule has 190 valence electrons. The Hall–Kier alpha value is -3.83. The van der Waals surface area contributed by atoms with Crippen LogP contribution in [0.1, 0.15) is 16.2 Å². The Morgan fingerprint density at radius 3 is 2.14 bits per heavy atom. The summed E-state index contributed by atoms with van der Waals surface area (Å²) in [6.07, 6.45) is 0. The van der Waals surface area contributed by atoms with E-state index in [1.165, 1.54) is 11.8 Å². The van der Waals surface area contributed by atoms with E-state index in [1.54, 1.807) is 38.5 Å². The third kappa shape index (κ3) is 6.89. The number of nitrogens with one attached hydrogen (secondary N) is 2. The smallest absolute Gasteiger partial charge is 0.251 e. The van der Waals surface area contributed by atoms with E-state index in [0.717, 1.165) is 10.2 Å². The first kappa shape index (κ1) is 26.2. The van der Waals surface area contributed by atoms with Crippen LogP contribution in [0.15, 0.2) is 82.4 Å². The van der Waals surface area contributed by atoms with Crippen LogP contribution in [0.25, 0.3) is 5.69 Å². The third-order valence-electron chi connectivity index (χ3n) is 5.25. The molecule has 0 saturated carbocycles. The summed E-state index contributed by atoms with van der Waals surface area (Å²) in [7, 11) is 3.17. The van der Waals surface area contributed by atoms with Gasteiger partial charge in [-0.3, -0.25) is 14.2 Å².